The highest BCUT2D eigenvalue weighted by atomic mass is 79.9. The van der Waals surface area contributed by atoms with Crippen LogP contribution in [0.5, 0.6) is 0 Å². The number of aliphatic hydroxyl groups excluding tert-OH is 2. The van der Waals surface area contributed by atoms with Crippen molar-refractivity contribution in [3.63, 3.8) is 0 Å². The summed E-state index contributed by atoms with van der Waals surface area (Å²) in [5.41, 5.74) is 1.57. The van der Waals surface area contributed by atoms with Crippen molar-refractivity contribution in [1.29, 1.82) is 0 Å². The van der Waals surface area contributed by atoms with Crippen molar-refractivity contribution < 1.29 is 10.2 Å². The molecule has 0 heterocycles. The van der Waals surface area contributed by atoms with Gasteiger partial charge in [-0.2, -0.15) is 0 Å². The maximum absolute atomic E-state index is 10.0. The van der Waals surface area contributed by atoms with E-state index in [0.717, 1.165) is 30.8 Å². The van der Waals surface area contributed by atoms with E-state index < -0.39 is 12.2 Å². The summed E-state index contributed by atoms with van der Waals surface area (Å²) < 4.78 is 1.78. The third kappa shape index (κ3) is 1.24. The molecule has 16 heavy (non-hydrogen) atoms. The van der Waals surface area contributed by atoms with E-state index in [1.165, 1.54) is 0 Å². The summed E-state index contributed by atoms with van der Waals surface area (Å²) >= 11 is 6.92. The normalized spacial score (nSPS) is 23.0. The number of halogens is 2. The quantitative estimate of drug-likeness (QED) is 0.769. The molecule has 0 spiro atoms. The van der Waals surface area contributed by atoms with Gasteiger partial charge in [0.25, 0.3) is 0 Å². The minimum atomic E-state index is -0.845. The zero-order valence-corrected chi connectivity index (χ0v) is 11.3. The molecule has 2 unspecified atom stereocenters. The van der Waals surface area contributed by atoms with Crippen LogP contribution in [0.3, 0.4) is 0 Å². The lowest BCUT2D eigenvalue weighted by atomic mass is 10.1. The molecule has 0 bridgehead atoms. The van der Waals surface area contributed by atoms with Gasteiger partial charge in [-0.25, -0.2) is 0 Å². The Bertz CT molecular complexity index is 595. The van der Waals surface area contributed by atoms with E-state index in [0.29, 0.717) is 0 Å². The average Bonchev–Trinajstić information content (AvgIpc) is 2.51. The standard InChI is InChI=1S/C12H8Br2O2/c13-7-4-8(14)10-9-5(7)2-1-3-6(9)11(15)12(10)16/h1-4,11-12,15-16H. The van der Waals surface area contributed by atoms with Gasteiger partial charge >= 0.3 is 0 Å². The number of hydrogen-bond donors (Lipinski definition) is 2. The van der Waals surface area contributed by atoms with Gasteiger partial charge in [0.1, 0.15) is 12.2 Å². The van der Waals surface area contributed by atoms with Crippen LogP contribution in [0.1, 0.15) is 23.3 Å². The predicted octanol–water partition coefficient (Wildman–Crippen LogP) is 3.45. The Morgan fingerprint density at radius 2 is 1.75 bits per heavy atom. The third-order valence-corrected chi connectivity index (χ3v) is 4.36. The molecule has 2 aromatic carbocycles. The Labute approximate surface area is 109 Å². The Balaban J connectivity index is 2.54. The van der Waals surface area contributed by atoms with Crippen LogP contribution in [0.2, 0.25) is 0 Å². The van der Waals surface area contributed by atoms with Gasteiger partial charge in [0.05, 0.1) is 0 Å². The molecule has 0 saturated carbocycles. The molecule has 0 aliphatic heterocycles. The van der Waals surface area contributed by atoms with Crippen LogP contribution in [-0.4, -0.2) is 10.2 Å². The van der Waals surface area contributed by atoms with Crippen LogP contribution in [0.4, 0.5) is 0 Å². The molecule has 1 aliphatic rings. The molecule has 82 valence electrons. The summed E-state index contributed by atoms with van der Waals surface area (Å²) in [5.74, 6) is 0. The SMILES string of the molecule is OC1c2cccc3c(Br)cc(Br)c(c23)C1O. The lowest BCUT2D eigenvalue weighted by Crippen LogP contribution is -2.02. The van der Waals surface area contributed by atoms with Gasteiger partial charge in [-0.15, -0.1) is 0 Å². The molecule has 0 aromatic heterocycles. The van der Waals surface area contributed by atoms with Crippen LogP contribution in [0.15, 0.2) is 33.2 Å². The minimum Gasteiger partial charge on any atom is -0.385 e. The summed E-state index contributed by atoms with van der Waals surface area (Å²) in [5, 5.41) is 21.9. The molecular formula is C12H8Br2O2. The first-order valence-corrected chi connectivity index (χ1v) is 6.46. The summed E-state index contributed by atoms with van der Waals surface area (Å²) in [7, 11) is 0. The van der Waals surface area contributed by atoms with Crippen molar-refractivity contribution in [3.8, 4) is 0 Å². The van der Waals surface area contributed by atoms with Gasteiger partial charge in [0, 0.05) is 14.5 Å². The van der Waals surface area contributed by atoms with Crippen LogP contribution >= 0.6 is 31.9 Å². The molecule has 2 aromatic rings. The highest BCUT2D eigenvalue weighted by molar-refractivity contribution is 9.11. The smallest absolute Gasteiger partial charge is 0.111 e. The Morgan fingerprint density at radius 3 is 2.50 bits per heavy atom. The second kappa shape index (κ2) is 3.53. The predicted molar refractivity (Wildman–Crippen MR) is 69.3 cm³/mol. The Hall–Kier alpha value is -0.420. The summed E-state index contributed by atoms with van der Waals surface area (Å²) in [4.78, 5) is 0. The van der Waals surface area contributed by atoms with Crippen molar-refractivity contribution in [3.05, 3.63) is 44.3 Å². The topological polar surface area (TPSA) is 40.5 Å². The average molecular weight is 344 g/mol. The van der Waals surface area contributed by atoms with E-state index >= 15 is 0 Å². The lowest BCUT2D eigenvalue weighted by Gasteiger charge is -2.10. The second-order valence-electron chi connectivity index (χ2n) is 3.91. The minimum absolute atomic E-state index is 0.779. The summed E-state index contributed by atoms with van der Waals surface area (Å²) in [6, 6.07) is 7.62. The molecule has 2 atom stereocenters. The lowest BCUT2D eigenvalue weighted by molar-refractivity contribution is 0.0249. The number of hydrogen-bond acceptors (Lipinski definition) is 2. The second-order valence-corrected chi connectivity index (χ2v) is 5.62. The van der Waals surface area contributed by atoms with Gasteiger partial charge < -0.3 is 10.2 Å². The van der Waals surface area contributed by atoms with Gasteiger partial charge in [0.15, 0.2) is 0 Å². The highest BCUT2D eigenvalue weighted by Crippen LogP contribution is 2.48. The van der Waals surface area contributed by atoms with Crippen molar-refractivity contribution >= 4 is 42.6 Å². The molecule has 1 aliphatic carbocycles. The maximum atomic E-state index is 10.0. The zero-order valence-electron chi connectivity index (χ0n) is 8.11. The van der Waals surface area contributed by atoms with Crippen LogP contribution < -0.4 is 0 Å². The summed E-state index contributed by atoms with van der Waals surface area (Å²) in [6.45, 7) is 0. The molecule has 3 rings (SSSR count). The monoisotopic (exact) mass is 342 g/mol. The highest BCUT2D eigenvalue weighted by Gasteiger charge is 2.33. The van der Waals surface area contributed by atoms with E-state index in [2.05, 4.69) is 31.9 Å². The van der Waals surface area contributed by atoms with E-state index in [-0.39, 0.29) is 0 Å². The first kappa shape index (κ1) is 10.7. The van der Waals surface area contributed by atoms with Crippen LogP contribution in [0.25, 0.3) is 10.8 Å². The van der Waals surface area contributed by atoms with Crippen molar-refractivity contribution in [2.45, 2.75) is 12.2 Å². The fourth-order valence-corrected chi connectivity index (χ4v) is 3.85. The van der Waals surface area contributed by atoms with Crippen molar-refractivity contribution in [1.82, 2.24) is 0 Å². The largest absolute Gasteiger partial charge is 0.385 e. The molecule has 0 amide bonds. The molecule has 0 fully saturated rings. The first-order chi connectivity index (χ1) is 7.61. The van der Waals surface area contributed by atoms with E-state index in [9.17, 15) is 10.2 Å². The molecule has 4 heteroatoms. The van der Waals surface area contributed by atoms with Crippen molar-refractivity contribution in [2.75, 3.05) is 0 Å². The molecule has 0 saturated heterocycles. The Kier molecular flexibility index (Phi) is 2.37. The van der Waals surface area contributed by atoms with Gasteiger partial charge in [0.2, 0.25) is 0 Å². The maximum Gasteiger partial charge on any atom is 0.111 e. The molecular weight excluding hydrogens is 336 g/mol. The Morgan fingerprint density at radius 1 is 1.00 bits per heavy atom. The van der Waals surface area contributed by atoms with E-state index in [1.807, 2.05) is 24.3 Å². The van der Waals surface area contributed by atoms with Gasteiger partial charge in [-0.3, -0.25) is 0 Å². The number of aliphatic hydroxyl groups is 2. The van der Waals surface area contributed by atoms with E-state index in [1.54, 1.807) is 0 Å². The van der Waals surface area contributed by atoms with Crippen LogP contribution in [-0.2, 0) is 0 Å². The fourth-order valence-electron chi connectivity index (χ4n) is 2.32. The number of rotatable bonds is 0. The van der Waals surface area contributed by atoms with E-state index in [4.69, 9.17) is 0 Å². The fraction of sp³-hybridized carbons (Fsp3) is 0.167. The van der Waals surface area contributed by atoms with Gasteiger partial charge in [-0.05, 0) is 22.4 Å². The van der Waals surface area contributed by atoms with Crippen molar-refractivity contribution in [2.24, 2.45) is 0 Å². The number of benzene rings is 2. The van der Waals surface area contributed by atoms with Gasteiger partial charge in [-0.1, -0.05) is 50.1 Å². The molecule has 2 N–H and O–H groups in total. The molecule has 0 radical (unpaired) electrons. The first-order valence-electron chi connectivity index (χ1n) is 4.88. The zero-order chi connectivity index (χ0) is 11.4. The molecule has 2 nitrogen and oxygen atoms in total. The van der Waals surface area contributed by atoms with Crippen LogP contribution in [0, 0.1) is 0 Å². The summed E-state index contributed by atoms with van der Waals surface area (Å²) in [6.07, 6.45) is -1.67. The third-order valence-electron chi connectivity index (χ3n) is 3.05.